The van der Waals surface area contributed by atoms with Crippen LogP contribution in [0.2, 0.25) is 0 Å². The number of rotatable bonds is 8. The lowest BCUT2D eigenvalue weighted by molar-refractivity contribution is -0.141. The van der Waals surface area contributed by atoms with Crippen LogP contribution in [0.5, 0.6) is 5.75 Å². The second-order valence-electron chi connectivity index (χ2n) is 14.9. The summed E-state index contributed by atoms with van der Waals surface area (Å²) in [4.78, 5) is 52.0. The Balaban J connectivity index is 0.815. The van der Waals surface area contributed by atoms with Gasteiger partial charge in [-0.3, -0.25) is 33.8 Å². The second kappa shape index (κ2) is 13.5. The number of likely N-dealkylation sites (tertiary alicyclic amines) is 1. The van der Waals surface area contributed by atoms with Crippen LogP contribution in [-0.2, 0) is 11.0 Å². The van der Waals surface area contributed by atoms with Gasteiger partial charge in [0, 0.05) is 68.5 Å². The van der Waals surface area contributed by atoms with Crippen LogP contribution < -0.4 is 25.2 Å². The molecule has 0 unspecified atom stereocenters. The molecule has 4 amide bonds. The molecular weight excluding hydrogens is 717 g/mol. The van der Waals surface area contributed by atoms with Crippen molar-refractivity contribution < 1.29 is 32.3 Å². The van der Waals surface area contributed by atoms with Gasteiger partial charge in [-0.1, -0.05) is 6.07 Å². The van der Waals surface area contributed by atoms with Crippen molar-refractivity contribution in [2.45, 2.75) is 62.8 Å². The summed E-state index contributed by atoms with van der Waals surface area (Å²) in [5.41, 5.74) is 1.39. The van der Waals surface area contributed by atoms with Gasteiger partial charge in [-0.15, -0.1) is 0 Å². The number of ether oxygens (including phenoxy) is 1. The molecule has 14 nitrogen and oxygen atoms in total. The number of carbonyl (C=O) groups is 3. The molecule has 0 radical (unpaired) electrons. The van der Waals surface area contributed by atoms with Crippen molar-refractivity contribution in [3.63, 3.8) is 0 Å². The Labute approximate surface area is 313 Å². The predicted molar refractivity (Wildman–Crippen MR) is 196 cm³/mol. The van der Waals surface area contributed by atoms with E-state index in [1.165, 1.54) is 13.2 Å². The number of urea groups is 1. The standard InChI is InChI=1S/C38H39F3N10O4/c1-55-31-16-28-23(14-29(31)44-36(53)27-4-2-6-32(43-27)38(39,40)41)19-51(46-28)24-9-7-22(8-10-24)18-47-20-26-15-25(47)21-50(26)30-5-3-12-48-34(17-42-35(30)48)49-13-11-33(52)45-37(49)54/h2-6,12,14,16-17,19,22,24-26H,7-11,13,15,18,20-21H2,1H3,(H,44,53)(H,45,52,54)/t22?,24?,25-,26-/m1/s1. The number of hydrogen-bond acceptors (Lipinski definition) is 9. The number of nitrogens with zero attached hydrogens (tertiary/aromatic N) is 8. The van der Waals surface area contributed by atoms with Crippen molar-refractivity contribution in [2.24, 2.45) is 5.92 Å². The molecule has 2 atom stereocenters. The van der Waals surface area contributed by atoms with Gasteiger partial charge in [0.1, 0.15) is 23.0 Å². The van der Waals surface area contributed by atoms with Crippen LogP contribution in [0, 0.1) is 5.92 Å². The molecule has 7 heterocycles. The zero-order valence-electron chi connectivity index (χ0n) is 30.0. The Hall–Kier alpha value is -5.71. The number of hydrogen-bond donors (Lipinski definition) is 2. The molecule has 3 saturated heterocycles. The summed E-state index contributed by atoms with van der Waals surface area (Å²) in [6.07, 6.45) is 6.40. The molecule has 2 N–H and O–H groups in total. The highest BCUT2D eigenvalue weighted by molar-refractivity contribution is 6.06. The van der Waals surface area contributed by atoms with E-state index in [2.05, 4.69) is 31.5 Å². The first-order chi connectivity index (χ1) is 26.5. The summed E-state index contributed by atoms with van der Waals surface area (Å²) >= 11 is 0. The summed E-state index contributed by atoms with van der Waals surface area (Å²) in [7, 11) is 1.46. The van der Waals surface area contributed by atoms with Crippen molar-refractivity contribution in [2.75, 3.05) is 48.4 Å². The topological polar surface area (TPSA) is 142 Å². The molecule has 0 spiro atoms. The molecule has 5 aromatic rings. The molecule has 2 bridgehead atoms. The van der Waals surface area contributed by atoms with E-state index in [0.29, 0.717) is 47.3 Å². The maximum absolute atomic E-state index is 13.2. The molecule has 4 fully saturated rings. The normalized spacial score (nSPS) is 23.2. The Morgan fingerprint density at radius 1 is 1.04 bits per heavy atom. The van der Waals surface area contributed by atoms with Crippen LogP contribution in [0.15, 0.2) is 61.1 Å². The zero-order chi connectivity index (χ0) is 38.0. The number of anilines is 3. The molecule has 1 aliphatic carbocycles. The number of benzene rings is 1. The number of imide groups is 1. The Kier molecular flexibility index (Phi) is 8.62. The smallest absolute Gasteiger partial charge is 0.433 e. The molecule has 9 rings (SSSR count). The van der Waals surface area contributed by atoms with Crippen LogP contribution >= 0.6 is 0 Å². The van der Waals surface area contributed by atoms with Crippen LogP contribution in [0.25, 0.3) is 16.6 Å². The highest BCUT2D eigenvalue weighted by atomic mass is 19.4. The van der Waals surface area contributed by atoms with Gasteiger partial charge in [0.25, 0.3) is 5.91 Å². The number of aromatic nitrogens is 5. The van der Waals surface area contributed by atoms with Crippen LogP contribution in [0.1, 0.15) is 60.7 Å². The molecule has 3 aliphatic heterocycles. The average molecular weight is 757 g/mol. The zero-order valence-corrected chi connectivity index (χ0v) is 30.0. The number of fused-ring (bicyclic) bond motifs is 4. The molecule has 17 heteroatoms. The third kappa shape index (κ3) is 6.49. The fourth-order valence-corrected chi connectivity index (χ4v) is 8.81. The van der Waals surface area contributed by atoms with Crippen molar-refractivity contribution in [3.8, 4) is 5.75 Å². The number of piperazine rings is 1. The molecule has 286 valence electrons. The molecular formula is C38H39F3N10O4. The lowest BCUT2D eigenvalue weighted by Crippen LogP contribution is -2.50. The number of methoxy groups -OCH3 is 1. The third-order valence-corrected chi connectivity index (χ3v) is 11.5. The van der Waals surface area contributed by atoms with Crippen molar-refractivity contribution >= 4 is 51.6 Å². The number of nitrogens with one attached hydrogen (secondary N) is 2. The maximum atomic E-state index is 13.2. The summed E-state index contributed by atoms with van der Waals surface area (Å²) < 4.78 is 48.9. The first-order valence-corrected chi connectivity index (χ1v) is 18.5. The number of amides is 4. The quantitative estimate of drug-likeness (QED) is 0.210. The number of halogens is 3. The lowest BCUT2D eigenvalue weighted by atomic mass is 9.85. The SMILES string of the molecule is COc1cc2nn(C3CCC(CN4C[C@H]5C[C@@H]4CN5c4cccn5c(N6CCC(=O)NC6=O)cnc45)CC3)cc2cc1NC(=O)c1cccc(C(F)(F)F)n1. The van der Waals surface area contributed by atoms with Crippen molar-refractivity contribution in [1.82, 2.24) is 34.4 Å². The Morgan fingerprint density at radius 3 is 2.62 bits per heavy atom. The van der Waals surface area contributed by atoms with Gasteiger partial charge in [0.2, 0.25) is 5.91 Å². The van der Waals surface area contributed by atoms with E-state index in [1.54, 1.807) is 23.2 Å². The minimum Gasteiger partial charge on any atom is -0.494 e. The Bertz CT molecular complexity index is 2320. The molecule has 1 saturated carbocycles. The van der Waals surface area contributed by atoms with E-state index in [-0.39, 0.29) is 24.1 Å². The number of imidazole rings is 1. The van der Waals surface area contributed by atoms with Crippen LogP contribution in [0.4, 0.5) is 35.2 Å². The first-order valence-electron chi connectivity index (χ1n) is 18.5. The van der Waals surface area contributed by atoms with Crippen molar-refractivity contribution in [1.29, 1.82) is 0 Å². The number of pyridine rings is 2. The highest BCUT2D eigenvalue weighted by Gasteiger charge is 2.45. The van der Waals surface area contributed by atoms with E-state index in [4.69, 9.17) is 14.8 Å². The van der Waals surface area contributed by atoms with Crippen LogP contribution in [0.3, 0.4) is 0 Å². The number of carbonyl (C=O) groups excluding carboxylic acids is 3. The fraction of sp³-hybridized carbons (Fsp3) is 0.421. The first kappa shape index (κ1) is 35.0. The number of alkyl halides is 3. The van der Waals surface area contributed by atoms with E-state index in [9.17, 15) is 27.6 Å². The monoisotopic (exact) mass is 756 g/mol. The van der Waals surface area contributed by atoms with E-state index in [0.717, 1.165) is 80.6 Å². The van der Waals surface area contributed by atoms with Crippen LogP contribution in [-0.4, -0.2) is 92.3 Å². The molecule has 4 aliphatic rings. The van der Waals surface area contributed by atoms with E-state index >= 15 is 0 Å². The Morgan fingerprint density at radius 2 is 1.87 bits per heavy atom. The van der Waals surface area contributed by atoms with Gasteiger partial charge in [0.05, 0.1) is 36.2 Å². The molecule has 4 aromatic heterocycles. The summed E-state index contributed by atoms with van der Waals surface area (Å²) in [5.74, 6) is 0.535. The third-order valence-electron chi connectivity index (χ3n) is 11.5. The van der Waals surface area contributed by atoms with Gasteiger partial charge in [-0.05, 0) is 68.4 Å². The summed E-state index contributed by atoms with van der Waals surface area (Å²) in [6.45, 7) is 3.29. The maximum Gasteiger partial charge on any atom is 0.433 e. The molecule has 55 heavy (non-hydrogen) atoms. The largest absolute Gasteiger partial charge is 0.494 e. The summed E-state index contributed by atoms with van der Waals surface area (Å²) in [6, 6.07) is 11.4. The van der Waals surface area contributed by atoms with Gasteiger partial charge in [0.15, 0.2) is 5.65 Å². The lowest BCUT2D eigenvalue weighted by Gasteiger charge is -2.38. The predicted octanol–water partition coefficient (Wildman–Crippen LogP) is 5.50. The van der Waals surface area contributed by atoms with Gasteiger partial charge < -0.3 is 15.0 Å². The van der Waals surface area contributed by atoms with Gasteiger partial charge in [-0.2, -0.15) is 18.3 Å². The van der Waals surface area contributed by atoms with E-state index < -0.39 is 23.8 Å². The average Bonchev–Trinajstić information content (AvgIpc) is 3.98. The second-order valence-corrected chi connectivity index (χ2v) is 14.9. The van der Waals surface area contributed by atoms with E-state index in [1.807, 2.05) is 27.5 Å². The fourth-order valence-electron chi connectivity index (χ4n) is 8.81. The highest BCUT2D eigenvalue weighted by Crippen LogP contribution is 2.40. The minimum absolute atomic E-state index is 0.226. The van der Waals surface area contributed by atoms with Gasteiger partial charge in [-0.25, -0.2) is 14.8 Å². The molecule has 1 aromatic carbocycles. The van der Waals surface area contributed by atoms with Crippen molar-refractivity contribution in [3.05, 3.63) is 72.4 Å². The minimum atomic E-state index is -4.66. The summed E-state index contributed by atoms with van der Waals surface area (Å²) in [5, 5.41) is 10.7. The van der Waals surface area contributed by atoms with Gasteiger partial charge >= 0.3 is 12.2 Å².